The summed E-state index contributed by atoms with van der Waals surface area (Å²) in [6.07, 6.45) is 7.44. The normalized spacial score (nSPS) is 48.9. The molecule has 3 N–H and O–H groups in total. The van der Waals surface area contributed by atoms with Gasteiger partial charge in [0.15, 0.2) is 0 Å². The number of ether oxygens (including phenoxy) is 1. The topological polar surface area (TPSA) is 107 Å². The lowest BCUT2D eigenvalue weighted by Gasteiger charge is -2.63. The summed E-state index contributed by atoms with van der Waals surface area (Å²) in [6, 6.07) is 2.19. The van der Waals surface area contributed by atoms with E-state index < -0.39 is 17.1 Å². The van der Waals surface area contributed by atoms with Gasteiger partial charge in [0.25, 0.3) is 0 Å². The highest BCUT2D eigenvalue weighted by atomic mass is 16.6. The number of aliphatic hydroxyl groups excluding tert-OH is 2. The Labute approximate surface area is 184 Å². The van der Waals surface area contributed by atoms with Crippen LogP contribution in [0.2, 0.25) is 0 Å². The molecule has 0 bridgehead atoms. The summed E-state index contributed by atoms with van der Waals surface area (Å²) in [5.41, 5.74) is -0.397. The molecule has 170 valence electrons. The molecule has 4 aliphatic carbocycles. The summed E-state index contributed by atoms with van der Waals surface area (Å²) in [5.74, 6) is 0.848. The van der Waals surface area contributed by atoms with E-state index in [0.29, 0.717) is 29.4 Å². The highest BCUT2D eigenvalue weighted by Crippen LogP contribution is 2.70. The first-order valence-corrected chi connectivity index (χ1v) is 11.8. The summed E-state index contributed by atoms with van der Waals surface area (Å²) in [6.45, 7) is 4.48. The van der Waals surface area contributed by atoms with E-state index in [2.05, 4.69) is 19.9 Å². The van der Waals surface area contributed by atoms with Crippen molar-refractivity contribution < 1.29 is 24.5 Å². The first-order chi connectivity index (χ1) is 14.7. The van der Waals surface area contributed by atoms with Crippen LogP contribution in [0.4, 0.5) is 0 Å². The number of furan rings is 1. The van der Waals surface area contributed by atoms with Gasteiger partial charge in [-0.25, -0.2) is 0 Å². The maximum absolute atomic E-state index is 12.3. The molecule has 4 aliphatic rings. The fraction of sp³-hybridized carbons (Fsp3) is 0.800. The lowest BCUT2D eigenvalue weighted by atomic mass is 9.43. The zero-order chi connectivity index (χ0) is 22.2. The molecule has 0 aliphatic heterocycles. The van der Waals surface area contributed by atoms with Crippen LogP contribution < -0.4 is 4.74 Å². The Bertz CT molecular complexity index is 906. The third-order valence-electron chi connectivity index (χ3n) is 10.3. The average Bonchev–Trinajstić information content (AvgIpc) is 3.22. The van der Waals surface area contributed by atoms with E-state index >= 15 is 0 Å². The number of hydrogen-bond donors (Lipinski definition) is 3. The number of fused-ring (bicyclic) bond motifs is 5. The van der Waals surface area contributed by atoms with Gasteiger partial charge in [0.05, 0.1) is 31.2 Å². The number of hydrogen-bond acceptors (Lipinski definition) is 6. The van der Waals surface area contributed by atoms with Gasteiger partial charge in [-0.1, -0.05) is 13.8 Å². The van der Waals surface area contributed by atoms with E-state index in [1.54, 1.807) is 0 Å². The number of aliphatic hydroxyl groups is 3. The van der Waals surface area contributed by atoms with Crippen molar-refractivity contribution in [3.8, 4) is 12.0 Å². The summed E-state index contributed by atoms with van der Waals surface area (Å²) >= 11 is 0. The standard InChI is InChI=1S/C25H35NO5/c1-23-8-6-15(27)10-14(23)4-5-19-18(23)7-9-24(2)21(20(28)11-25(19,24)29)17-13-31-22(30-3)16(17)12-26/h13-15,18-21,27-29H,4-11H2,1-3H3/t14-,15+,18+,19-,20+,21+,23+,24-,25+/m1/s1. The highest BCUT2D eigenvalue weighted by Gasteiger charge is 2.70. The molecule has 1 aromatic heterocycles. The van der Waals surface area contributed by atoms with E-state index in [1.165, 1.54) is 13.4 Å². The maximum Gasteiger partial charge on any atom is 0.302 e. The Morgan fingerprint density at radius 3 is 2.61 bits per heavy atom. The second-order valence-corrected chi connectivity index (χ2v) is 11.2. The molecule has 0 saturated heterocycles. The quantitative estimate of drug-likeness (QED) is 0.661. The van der Waals surface area contributed by atoms with Gasteiger partial charge in [0.2, 0.25) is 0 Å². The second kappa shape index (κ2) is 6.97. The number of nitrogens with zero attached hydrogens (tertiary/aromatic N) is 1. The Balaban J connectivity index is 1.53. The summed E-state index contributed by atoms with van der Waals surface area (Å²) < 4.78 is 10.7. The van der Waals surface area contributed by atoms with Crippen LogP contribution in [-0.4, -0.2) is 40.2 Å². The number of methoxy groups -OCH3 is 1. The van der Waals surface area contributed by atoms with Crippen molar-refractivity contribution >= 4 is 0 Å². The smallest absolute Gasteiger partial charge is 0.302 e. The second-order valence-electron chi connectivity index (χ2n) is 11.2. The number of rotatable bonds is 2. The minimum atomic E-state index is -0.985. The molecule has 4 saturated carbocycles. The average molecular weight is 430 g/mol. The highest BCUT2D eigenvalue weighted by molar-refractivity contribution is 5.47. The minimum Gasteiger partial charge on any atom is -0.468 e. The Hall–Kier alpha value is -1.55. The van der Waals surface area contributed by atoms with Gasteiger partial charge in [0, 0.05) is 23.3 Å². The first kappa shape index (κ1) is 21.3. The van der Waals surface area contributed by atoms with E-state index in [0.717, 1.165) is 44.9 Å². The molecule has 4 fully saturated rings. The van der Waals surface area contributed by atoms with Gasteiger partial charge in [-0.05, 0) is 68.1 Å². The summed E-state index contributed by atoms with van der Waals surface area (Å²) in [4.78, 5) is 0. The van der Waals surface area contributed by atoms with Crippen LogP contribution in [-0.2, 0) is 0 Å². The molecule has 5 rings (SSSR count). The van der Waals surface area contributed by atoms with E-state index in [1.807, 2.05) is 0 Å². The first-order valence-electron chi connectivity index (χ1n) is 11.8. The number of nitriles is 1. The zero-order valence-electron chi connectivity index (χ0n) is 18.8. The van der Waals surface area contributed by atoms with E-state index in [-0.39, 0.29) is 29.3 Å². The molecular weight excluding hydrogens is 394 g/mol. The Morgan fingerprint density at radius 2 is 1.90 bits per heavy atom. The van der Waals surface area contributed by atoms with Crippen molar-refractivity contribution in [2.24, 2.45) is 28.6 Å². The van der Waals surface area contributed by atoms with E-state index in [4.69, 9.17) is 9.15 Å². The van der Waals surface area contributed by atoms with Crippen molar-refractivity contribution in [3.05, 3.63) is 17.4 Å². The van der Waals surface area contributed by atoms with Crippen molar-refractivity contribution in [2.45, 2.75) is 88.9 Å². The van der Waals surface area contributed by atoms with Crippen LogP contribution in [0.5, 0.6) is 5.95 Å². The SMILES string of the molecule is COc1occ([C@H]2[C@@H](O)C[C@]3(O)[C@@H]4CC[C@@H]5C[C@@H](O)CC[C@]5(C)[C@H]4CC[C@]23C)c1C#N. The third kappa shape index (κ3) is 2.66. The molecule has 1 heterocycles. The Kier molecular flexibility index (Phi) is 4.79. The molecular formula is C25H35NO5. The largest absolute Gasteiger partial charge is 0.468 e. The van der Waals surface area contributed by atoms with Gasteiger partial charge in [-0.3, -0.25) is 0 Å². The van der Waals surface area contributed by atoms with Crippen LogP contribution in [0.1, 0.15) is 82.3 Å². The lowest BCUT2D eigenvalue weighted by molar-refractivity contribution is -0.205. The third-order valence-corrected chi connectivity index (χ3v) is 10.3. The minimum absolute atomic E-state index is 0.127. The van der Waals surface area contributed by atoms with Crippen LogP contribution >= 0.6 is 0 Å². The van der Waals surface area contributed by atoms with E-state index in [9.17, 15) is 20.6 Å². The predicted molar refractivity (Wildman–Crippen MR) is 113 cm³/mol. The molecule has 0 unspecified atom stereocenters. The van der Waals surface area contributed by atoms with Crippen molar-refractivity contribution in [1.29, 1.82) is 5.26 Å². The lowest BCUT2D eigenvalue weighted by Crippen LogP contribution is -2.62. The molecule has 6 nitrogen and oxygen atoms in total. The molecule has 0 spiro atoms. The van der Waals surface area contributed by atoms with Crippen molar-refractivity contribution in [1.82, 2.24) is 0 Å². The summed E-state index contributed by atoms with van der Waals surface area (Å²) in [7, 11) is 1.47. The van der Waals surface area contributed by atoms with Crippen molar-refractivity contribution in [3.63, 3.8) is 0 Å². The monoisotopic (exact) mass is 429 g/mol. The Morgan fingerprint density at radius 1 is 1.13 bits per heavy atom. The fourth-order valence-corrected chi connectivity index (χ4v) is 8.64. The van der Waals surface area contributed by atoms with Gasteiger partial charge in [0.1, 0.15) is 11.6 Å². The molecule has 1 aromatic rings. The molecule has 31 heavy (non-hydrogen) atoms. The molecule has 0 aromatic carbocycles. The van der Waals surface area contributed by atoms with Crippen LogP contribution in [0.15, 0.2) is 10.7 Å². The predicted octanol–water partition coefficient (Wildman–Crippen LogP) is 3.73. The maximum atomic E-state index is 12.3. The van der Waals surface area contributed by atoms with Crippen molar-refractivity contribution in [2.75, 3.05) is 7.11 Å². The van der Waals surface area contributed by atoms with Crippen LogP contribution in [0.3, 0.4) is 0 Å². The van der Waals surface area contributed by atoms with Gasteiger partial charge >= 0.3 is 5.95 Å². The van der Waals surface area contributed by atoms with Crippen LogP contribution in [0, 0.1) is 39.9 Å². The van der Waals surface area contributed by atoms with Gasteiger partial charge in [-0.15, -0.1) is 0 Å². The fourth-order valence-electron chi connectivity index (χ4n) is 8.64. The zero-order valence-corrected chi connectivity index (χ0v) is 18.8. The van der Waals surface area contributed by atoms with Gasteiger partial charge in [-0.2, -0.15) is 5.26 Å². The molecule has 9 atom stereocenters. The molecule has 0 radical (unpaired) electrons. The van der Waals surface area contributed by atoms with Gasteiger partial charge < -0.3 is 24.5 Å². The summed E-state index contributed by atoms with van der Waals surface area (Å²) in [5, 5.41) is 43.5. The molecule has 6 heteroatoms. The van der Waals surface area contributed by atoms with Crippen LogP contribution in [0.25, 0.3) is 0 Å². The molecule has 0 amide bonds.